The van der Waals surface area contributed by atoms with Gasteiger partial charge in [-0.3, -0.25) is 0 Å². The van der Waals surface area contributed by atoms with Gasteiger partial charge in [0.2, 0.25) is 0 Å². The third-order valence-corrected chi connectivity index (χ3v) is 2.19. The third kappa shape index (κ3) is 1.58. The minimum absolute atomic E-state index is 0.404. The van der Waals surface area contributed by atoms with Crippen molar-refractivity contribution < 1.29 is 0 Å². The zero-order chi connectivity index (χ0) is 7.78. The van der Waals surface area contributed by atoms with Crippen LogP contribution in [-0.2, 0) is 0 Å². The molecule has 1 rings (SSSR count). The molecule has 1 unspecified atom stereocenters. The van der Waals surface area contributed by atoms with Gasteiger partial charge >= 0.3 is 0 Å². The highest BCUT2D eigenvalue weighted by atomic mass is 32.1. The highest BCUT2D eigenvalue weighted by Crippen LogP contribution is 2.44. The Morgan fingerprint density at radius 3 is 2.50 bits per heavy atom. The summed E-state index contributed by atoms with van der Waals surface area (Å²) in [6, 6.07) is 0.510. The van der Waals surface area contributed by atoms with Gasteiger partial charge in [0.15, 0.2) is 5.11 Å². The second-order valence-corrected chi connectivity index (χ2v) is 3.77. The zero-order valence-corrected chi connectivity index (χ0v) is 7.09. The van der Waals surface area contributed by atoms with E-state index in [0.29, 0.717) is 16.6 Å². The third-order valence-electron chi connectivity index (χ3n) is 1.95. The summed E-state index contributed by atoms with van der Waals surface area (Å²) in [5.74, 6) is 5.08. The lowest BCUT2D eigenvalue weighted by Gasteiger charge is -2.07. The summed E-state index contributed by atoms with van der Waals surface area (Å²) >= 11 is 4.83. The molecule has 3 nitrogen and oxygen atoms in total. The summed E-state index contributed by atoms with van der Waals surface area (Å²) in [7, 11) is 0. The number of hydrazine groups is 1. The predicted octanol–water partition coefficient (Wildman–Crippen LogP) is 0.123. The van der Waals surface area contributed by atoms with Crippen molar-refractivity contribution >= 4 is 17.3 Å². The van der Waals surface area contributed by atoms with E-state index in [0.717, 1.165) is 0 Å². The molecule has 0 spiro atoms. The van der Waals surface area contributed by atoms with Crippen molar-refractivity contribution in [1.82, 2.24) is 10.7 Å². The molecule has 0 aromatic rings. The average Bonchev–Trinajstić information content (AvgIpc) is 2.40. The van der Waals surface area contributed by atoms with E-state index in [4.69, 9.17) is 18.1 Å². The van der Waals surface area contributed by atoms with Gasteiger partial charge in [-0.05, 0) is 24.1 Å². The minimum atomic E-state index is 0.404. The molecule has 0 bridgehead atoms. The van der Waals surface area contributed by atoms with Crippen LogP contribution < -0.4 is 16.6 Å². The van der Waals surface area contributed by atoms with Gasteiger partial charge in [0.1, 0.15) is 0 Å². The smallest absolute Gasteiger partial charge is 0.180 e. The molecule has 0 aromatic heterocycles. The highest BCUT2D eigenvalue weighted by molar-refractivity contribution is 7.80. The number of rotatable bonds is 1. The molecule has 0 aliphatic heterocycles. The monoisotopic (exact) mass is 159 g/mol. The predicted molar refractivity (Wildman–Crippen MR) is 45.2 cm³/mol. The fourth-order valence-electron chi connectivity index (χ4n) is 0.913. The van der Waals surface area contributed by atoms with Crippen LogP contribution in [-0.4, -0.2) is 11.2 Å². The van der Waals surface area contributed by atoms with Crippen LogP contribution >= 0.6 is 12.2 Å². The summed E-state index contributed by atoms with van der Waals surface area (Å²) in [4.78, 5) is 0. The van der Waals surface area contributed by atoms with Gasteiger partial charge in [0.25, 0.3) is 0 Å². The fraction of sp³-hybridized carbons (Fsp3) is 0.833. The topological polar surface area (TPSA) is 50.1 Å². The van der Waals surface area contributed by atoms with Gasteiger partial charge < -0.3 is 10.7 Å². The van der Waals surface area contributed by atoms with E-state index in [2.05, 4.69) is 24.6 Å². The number of nitrogens with two attached hydrogens (primary N) is 1. The molecule has 58 valence electrons. The molecule has 4 N–H and O–H groups in total. The summed E-state index contributed by atoms with van der Waals surface area (Å²) < 4.78 is 0. The summed E-state index contributed by atoms with van der Waals surface area (Å²) in [5.41, 5.74) is 2.80. The lowest BCUT2D eigenvalue weighted by Crippen LogP contribution is -2.41. The molecule has 0 radical (unpaired) electrons. The Bertz CT molecular complexity index is 155. The van der Waals surface area contributed by atoms with Crippen LogP contribution in [0, 0.1) is 5.41 Å². The first-order valence-corrected chi connectivity index (χ1v) is 3.74. The van der Waals surface area contributed by atoms with Crippen molar-refractivity contribution in [2.75, 3.05) is 0 Å². The molecule has 10 heavy (non-hydrogen) atoms. The maximum Gasteiger partial charge on any atom is 0.180 e. The first-order chi connectivity index (χ1) is 4.56. The van der Waals surface area contributed by atoms with Crippen molar-refractivity contribution in [3.05, 3.63) is 0 Å². The van der Waals surface area contributed by atoms with E-state index in [-0.39, 0.29) is 0 Å². The first-order valence-electron chi connectivity index (χ1n) is 3.33. The second-order valence-electron chi connectivity index (χ2n) is 3.36. The Balaban J connectivity index is 2.24. The van der Waals surface area contributed by atoms with Crippen molar-refractivity contribution in [2.24, 2.45) is 11.3 Å². The molecule has 1 saturated carbocycles. The van der Waals surface area contributed by atoms with Crippen LogP contribution in [0.4, 0.5) is 0 Å². The largest absolute Gasteiger partial charge is 0.358 e. The fourth-order valence-corrected chi connectivity index (χ4v) is 1.06. The van der Waals surface area contributed by atoms with Gasteiger partial charge in [-0.2, -0.15) is 0 Å². The lowest BCUT2D eigenvalue weighted by molar-refractivity contribution is 0.592. The minimum Gasteiger partial charge on any atom is -0.358 e. The van der Waals surface area contributed by atoms with Crippen LogP contribution in [0.15, 0.2) is 0 Å². The van der Waals surface area contributed by atoms with E-state index in [1.54, 1.807) is 0 Å². The molecule has 1 atom stereocenters. The molecular weight excluding hydrogens is 146 g/mol. The molecule has 0 heterocycles. The van der Waals surface area contributed by atoms with Gasteiger partial charge in [-0.1, -0.05) is 13.8 Å². The van der Waals surface area contributed by atoms with Crippen molar-refractivity contribution in [3.63, 3.8) is 0 Å². The number of hydrogen-bond donors (Lipinski definition) is 3. The lowest BCUT2D eigenvalue weighted by atomic mass is 10.2. The zero-order valence-electron chi connectivity index (χ0n) is 6.27. The maximum absolute atomic E-state index is 5.08. The first kappa shape index (κ1) is 7.75. The maximum atomic E-state index is 5.08. The Morgan fingerprint density at radius 1 is 1.70 bits per heavy atom. The van der Waals surface area contributed by atoms with Gasteiger partial charge in [0.05, 0.1) is 0 Å². The molecule has 1 fully saturated rings. The van der Waals surface area contributed by atoms with Gasteiger partial charge in [0, 0.05) is 6.04 Å². The summed E-state index contributed by atoms with van der Waals surface area (Å²) in [6.07, 6.45) is 1.18. The Hall–Kier alpha value is -0.350. The standard InChI is InChI=1S/C6H13N3S/c1-6(2)3-4(6)8-5(10)9-7/h4H,3,7H2,1-2H3,(H2,8,9,10). The molecule has 1 aliphatic rings. The normalized spacial score (nSPS) is 27.3. The van der Waals surface area contributed by atoms with Crippen LogP contribution in [0.1, 0.15) is 20.3 Å². The SMILES string of the molecule is CC1(C)CC1NC(=S)NN. The summed E-state index contributed by atoms with van der Waals surface area (Å²) in [6.45, 7) is 4.40. The van der Waals surface area contributed by atoms with E-state index in [1.165, 1.54) is 6.42 Å². The second kappa shape index (κ2) is 2.36. The van der Waals surface area contributed by atoms with Crippen LogP contribution in [0.25, 0.3) is 0 Å². The van der Waals surface area contributed by atoms with E-state index in [1.807, 2.05) is 0 Å². The molecule has 4 heteroatoms. The van der Waals surface area contributed by atoms with Crippen molar-refractivity contribution in [1.29, 1.82) is 0 Å². The van der Waals surface area contributed by atoms with Crippen LogP contribution in [0.5, 0.6) is 0 Å². The van der Waals surface area contributed by atoms with Gasteiger partial charge in [-0.15, -0.1) is 0 Å². The Labute approximate surface area is 66.3 Å². The average molecular weight is 159 g/mol. The van der Waals surface area contributed by atoms with E-state index < -0.39 is 0 Å². The van der Waals surface area contributed by atoms with Crippen molar-refractivity contribution in [2.45, 2.75) is 26.3 Å². The quantitative estimate of drug-likeness (QED) is 0.289. The Morgan fingerprint density at radius 2 is 2.20 bits per heavy atom. The van der Waals surface area contributed by atoms with Crippen LogP contribution in [0.3, 0.4) is 0 Å². The number of thiocarbonyl (C=S) groups is 1. The number of nitrogens with one attached hydrogen (secondary N) is 2. The van der Waals surface area contributed by atoms with Crippen molar-refractivity contribution in [3.8, 4) is 0 Å². The highest BCUT2D eigenvalue weighted by Gasteiger charge is 2.45. The van der Waals surface area contributed by atoms with Crippen LogP contribution in [0.2, 0.25) is 0 Å². The van der Waals surface area contributed by atoms with E-state index >= 15 is 0 Å². The molecule has 0 amide bonds. The molecule has 0 saturated heterocycles. The van der Waals surface area contributed by atoms with E-state index in [9.17, 15) is 0 Å². The number of hydrogen-bond acceptors (Lipinski definition) is 2. The summed E-state index contributed by atoms with van der Waals surface area (Å²) in [5, 5.41) is 3.63. The molecule has 1 aliphatic carbocycles. The van der Waals surface area contributed by atoms with Gasteiger partial charge in [-0.25, -0.2) is 5.84 Å². The molecule has 0 aromatic carbocycles. The Kier molecular flexibility index (Phi) is 1.83. The molecular formula is C6H13N3S.